The van der Waals surface area contributed by atoms with E-state index in [2.05, 4.69) is 12.1 Å². The summed E-state index contributed by atoms with van der Waals surface area (Å²) in [6.07, 6.45) is 1.96. The maximum atomic E-state index is 11.2. The highest BCUT2D eigenvalue weighted by atomic mass is 35.5. The first kappa shape index (κ1) is 9.72. The van der Waals surface area contributed by atoms with Gasteiger partial charge < -0.3 is 0 Å². The van der Waals surface area contributed by atoms with Gasteiger partial charge in [0.25, 0.3) is 0 Å². The van der Waals surface area contributed by atoms with Crippen molar-refractivity contribution in [1.82, 2.24) is 0 Å². The topological polar surface area (TPSA) is 17.1 Å². The molecule has 0 aromatic heterocycles. The highest BCUT2D eigenvalue weighted by Gasteiger charge is 2.34. The molecule has 1 aliphatic carbocycles. The molecule has 0 spiro atoms. The normalized spacial score (nSPS) is 25.5. The van der Waals surface area contributed by atoms with Crippen LogP contribution in [0.3, 0.4) is 0 Å². The van der Waals surface area contributed by atoms with Gasteiger partial charge in [-0.2, -0.15) is 0 Å². The van der Waals surface area contributed by atoms with Gasteiger partial charge in [0.15, 0.2) is 5.78 Å². The molecule has 0 unspecified atom stereocenters. The zero-order valence-corrected chi connectivity index (χ0v) is 8.70. The zero-order valence-electron chi connectivity index (χ0n) is 7.95. The molecular formula is C12H13ClO. The van der Waals surface area contributed by atoms with Crippen LogP contribution in [0.4, 0.5) is 0 Å². The van der Waals surface area contributed by atoms with Gasteiger partial charge in [0.05, 0.1) is 5.88 Å². The fraction of sp³-hybridized carbons (Fsp3) is 0.417. The number of rotatable bonds is 3. The summed E-state index contributed by atoms with van der Waals surface area (Å²) in [6, 6.07) is 10.4. The van der Waals surface area contributed by atoms with E-state index in [4.69, 9.17) is 11.6 Å². The molecule has 2 rings (SSSR count). The number of Topliss-reactive ketones (excluding diaryl/α,β-unsaturated/α-hetero) is 1. The summed E-state index contributed by atoms with van der Waals surface area (Å²) in [4.78, 5) is 11.2. The van der Waals surface area contributed by atoms with Crippen molar-refractivity contribution in [2.75, 3.05) is 5.88 Å². The second-order valence-electron chi connectivity index (χ2n) is 3.88. The Kier molecular flexibility index (Phi) is 2.87. The van der Waals surface area contributed by atoms with Crippen molar-refractivity contribution < 1.29 is 4.79 Å². The van der Waals surface area contributed by atoms with E-state index >= 15 is 0 Å². The number of hydrogen-bond donors (Lipinski definition) is 0. The minimum atomic E-state index is 0.173. The smallest absolute Gasteiger partial charge is 0.150 e. The van der Waals surface area contributed by atoms with Crippen LogP contribution in [0.2, 0.25) is 0 Å². The third kappa shape index (κ3) is 1.83. The molecule has 1 aromatic rings. The summed E-state index contributed by atoms with van der Waals surface area (Å²) in [5, 5.41) is 0. The highest BCUT2D eigenvalue weighted by molar-refractivity contribution is 6.28. The number of benzene rings is 1. The highest BCUT2D eigenvalue weighted by Crippen LogP contribution is 2.41. The van der Waals surface area contributed by atoms with Crippen LogP contribution in [-0.2, 0) is 4.79 Å². The van der Waals surface area contributed by atoms with Gasteiger partial charge in [0, 0.05) is 5.92 Å². The molecule has 0 amide bonds. The Morgan fingerprint density at radius 1 is 1.29 bits per heavy atom. The van der Waals surface area contributed by atoms with Gasteiger partial charge in [-0.3, -0.25) is 4.79 Å². The average molecular weight is 209 g/mol. The SMILES string of the molecule is O=C(CCl)C1CC(c2ccccc2)C1. The molecule has 0 heterocycles. The third-order valence-corrected chi connectivity index (χ3v) is 3.26. The van der Waals surface area contributed by atoms with E-state index in [-0.39, 0.29) is 17.6 Å². The van der Waals surface area contributed by atoms with Gasteiger partial charge in [0.1, 0.15) is 0 Å². The first-order valence-corrected chi connectivity index (χ1v) is 5.48. The Balaban J connectivity index is 1.92. The van der Waals surface area contributed by atoms with Gasteiger partial charge in [-0.05, 0) is 24.3 Å². The van der Waals surface area contributed by atoms with E-state index in [1.807, 2.05) is 18.2 Å². The predicted octanol–water partition coefficient (Wildman–Crippen LogP) is 2.99. The molecule has 1 saturated carbocycles. The molecule has 0 aliphatic heterocycles. The minimum Gasteiger partial charge on any atom is -0.298 e. The quantitative estimate of drug-likeness (QED) is 0.698. The fourth-order valence-electron chi connectivity index (χ4n) is 1.99. The van der Waals surface area contributed by atoms with Crippen molar-refractivity contribution in [2.45, 2.75) is 18.8 Å². The molecule has 0 atom stereocenters. The van der Waals surface area contributed by atoms with Crippen LogP contribution in [0.25, 0.3) is 0 Å². The minimum absolute atomic E-state index is 0.173. The maximum absolute atomic E-state index is 11.2. The van der Waals surface area contributed by atoms with E-state index in [9.17, 15) is 4.79 Å². The van der Waals surface area contributed by atoms with Gasteiger partial charge >= 0.3 is 0 Å². The number of hydrogen-bond acceptors (Lipinski definition) is 1. The summed E-state index contributed by atoms with van der Waals surface area (Å²) >= 11 is 5.50. The van der Waals surface area contributed by atoms with Crippen molar-refractivity contribution in [3.8, 4) is 0 Å². The number of carbonyl (C=O) groups excluding carboxylic acids is 1. The van der Waals surface area contributed by atoms with Crippen LogP contribution in [-0.4, -0.2) is 11.7 Å². The van der Waals surface area contributed by atoms with Gasteiger partial charge in [0.2, 0.25) is 0 Å². The van der Waals surface area contributed by atoms with E-state index in [0.29, 0.717) is 5.92 Å². The van der Waals surface area contributed by atoms with E-state index in [0.717, 1.165) is 12.8 Å². The lowest BCUT2D eigenvalue weighted by atomic mass is 9.70. The van der Waals surface area contributed by atoms with Gasteiger partial charge in [-0.1, -0.05) is 30.3 Å². The molecule has 0 bridgehead atoms. The summed E-state index contributed by atoms with van der Waals surface area (Å²) in [7, 11) is 0. The molecule has 0 radical (unpaired) electrons. The van der Waals surface area contributed by atoms with Crippen molar-refractivity contribution in [3.05, 3.63) is 35.9 Å². The molecule has 1 fully saturated rings. The molecule has 2 heteroatoms. The van der Waals surface area contributed by atoms with Crippen molar-refractivity contribution >= 4 is 17.4 Å². The Labute approximate surface area is 89.1 Å². The molecule has 0 N–H and O–H groups in total. The van der Waals surface area contributed by atoms with Crippen LogP contribution in [0.1, 0.15) is 24.3 Å². The molecule has 1 nitrogen and oxygen atoms in total. The van der Waals surface area contributed by atoms with Crippen molar-refractivity contribution in [1.29, 1.82) is 0 Å². The van der Waals surface area contributed by atoms with E-state index in [1.165, 1.54) is 5.56 Å². The van der Waals surface area contributed by atoms with Crippen molar-refractivity contribution in [2.24, 2.45) is 5.92 Å². The molecule has 0 saturated heterocycles. The Hall–Kier alpha value is -0.820. The fourth-order valence-corrected chi connectivity index (χ4v) is 2.21. The van der Waals surface area contributed by atoms with Crippen LogP contribution >= 0.6 is 11.6 Å². The average Bonchev–Trinajstić information content (AvgIpc) is 2.17. The number of ketones is 1. The predicted molar refractivity (Wildman–Crippen MR) is 57.6 cm³/mol. The monoisotopic (exact) mass is 208 g/mol. The van der Waals surface area contributed by atoms with Gasteiger partial charge in [-0.25, -0.2) is 0 Å². The van der Waals surface area contributed by atoms with Crippen LogP contribution in [0.5, 0.6) is 0 Å². The van der Waals surface area contributed by atoms with Crippen LogP contribution < -0.4 is 0 Å². The van der Waals surface area contributed by atoms with Crippen LogP contribution in [0.15, 0.2) is 30.3 Å². The summed E-state index contributed by atoms with van der Waals surface area (Å²) < 4.78 is 0. The van der Waals surface area contributed by atoms with Crippen LogP contribution in [0, 0.1) is 5.92 Å². The molecule has 74 valence electrons. The molecule has 14 heavy (non-hydrogen) atoms. The molecular weight excluding hydrogens is 196 g/mol. The first-order chi connectivity index (χ1) is 6.81. The second-order valence-corrected chi connectivity index (χ2v) is 4.14. The summed E-state index contributed by atoms with van der Waals surface area (Å²) in [5.74, 6) is 1.18. The zero-order chi connectivity index (χ0) is 9.97. The van der Waals surface area contributed by atoms with E-state index in [1.54, 1.807) is 0 Å². The van der Waals surface area contributed by atoms with Crippen molar-refractivity contribution in [3.63, 3.8) is 0 Å². The maximum Gasteiger partial charge on any atom is 0.150 e. The summed E-state index contributed by atoms with van der Waals surface area (Å²) in [6.45, 7) is 0. The summed E-state index contributed by atoms with van der Waals surface area (Å²) in [5.41, 5.74) is 1.35. The van der Waals surface area contributed by atoms with E-state index < -0.39 is 0 Å². The lowest BCUT2D eigenvalue weighted by Gasteiger charge is -2.34. The Morgan fingerprint density at radius 3 is 2.50 bits per heavy atom. The standard InChI is InChI=1S/C12H13ClO/c13-8-12(14)11-6-10(7-11)9-4-2-1-3-5-9/h1-5,10-11H,6-8H2. The third-order valence-electron chi connectivity index (χ3n) is 3.00. The number of alkyl halides is 1. The lowest BCUT2D eigenvalue weighted by molar-refractivity contribution is -0.123. The Bertz CT molecular complexity index is 314. The number of carbonyl (C=O) groups is 1. The second kappa shape index (κ2) is 4.14. The number of halogens is 1. The lowest BCUT2D eigenvalue weighted by Crippen LogP contribution is -2.29. The van der Waals surface area contributed by atoms with Gasteiger partial charge in [-0.15, -0.1) is 11.6 Å². The largest absolute Gasteiger partial charge is 0.298 e. The molecule has 1 aliphatic rings. The Morgan fingerprint density at radius 2 is 1.93 bits per heavy atom. The first-order valence-electron chi connectivity index (χ1n) is 4.95. The molecule has 1 aromatic carbocycles.